The summed E-state index contributed by atoms with van der Waals surface area (Å²) in [4.78, 5) is 11.6. The zero-order valence-electron chi connectivity index (χ0n) is 11.4. The Kier molecular flexibility index (Phi) is 6.29. The first-order chi connectivity index (χ1) is 9.06. The van der Waals surface area contributed by atoms with E-state index in [-0.39, 0.29) is 17.9 Å². The molecule has 1 rings (SSSR count). The largest absolute Gasteiger partial charge is 0.460 e. The third-order valence-electron chi connectivity index (χ3n) is 2.72. The number of nitrogens with two attached hydrogens (primary N) is 1. The summed E-state index contributed by atoms with van der Waals surface area (Å²) in [7, 11) is 0. The highest BCUT2D eigenvalue weighted by atomic mass is 19.1. The van der Waals surface area contributed by atoms with Gasteiger partial charge in [0.2, 0.25) is 0 Å². The van der Waals surface area contributed by atoms with Crippen LogP contribution in [0.4, 0.5) is 10.1 Å². The second-order valence-electron chi connectivity index (χ2n) is 4.27. The number of hydrogen-bond acceptors (Lipinski definition) is 4. The van der Waals surface area contributed by atoms with Gasteiger partial charge in [-0.05, 0) is 25.5 Å². The number of anilines is 1. The minimum atomic E-state index is -0.593. The molecule has 0 saturated heterocycles. The van der Waals surface area contributed by atoms with Crippen LogP contribution in [0.25, 0.3) is 0 Å². The normalized spacial score (nSPS) is 10.5. The summed E-state index contributed by atoms with van der Waals surface area (Å²) >= 11 is 0. The Morgan fingerprint density at radius 2 is 2.05 bits per heavy atom. The second-order valence-corrected chi connectivity index (χ2v) is 4.27. The molecule has 1 aromatic rings. The van der Waals surface area contributed by atoms with Crippen molar-refractivity contribution in [1.82, 2.24) is 0 Å². The fourth-order valence-electron chi connectivity index (χ4n) is 1.44. The highest BCUT2D eigenvalue weighted by molar-refractivity contribution is 5.90. The quantitative estimate of drug-likeness (QED) is 0.469. The summed E-state index contributed by atoms with van der Waals surface area (Å²) in [5, 5.41) is 0. The molecule has 0 unspecified atom stereocenters. The summed E-state index contributed by atoms with van der Waals surface area (Å²) in [5.41, 5.74) is 6.29. The predicted molar refractivity (Wildman–Crippen MR) is 71.6 cm³/mol. The first-order valence-electron chi connectivity index (χ1n) is 6.36. The van der Waals surface area contributed by atoms with E-state index in [1.54, 1.807) is 6.92 Å². The van der Waals surface area contributed by atoms with Crippen molar-refractivity contribution in [3.63, 3.8) is 0 Å². The maximum Gasteiger partial charge on any atom is 0.338 e. The molecule has 0 aliphatic heterocycles. The Bertz CT molecular complexity index is 412. The van der Waals surface area contributed by atoms with Gasteiger partial charge in [0, 0.05) is 17.9 Å². The average Bonchev–Trinajstić information content (AvgIpc) is 2.39. The molecular weight excluding hydrogens is 249 g/mol. The lowest BCUT2D eigenvalue weighted by molar-refractivity contribution is 0.0313. The number of hydrogen-bond donors (Lipinski definition) is 1. The Labute approximate surface area is 112 Å². The van der Waals surface area contributed by atoms with Gasteiger partial charge in [-0.2, -0.15) is 0 Å². The standard InChI is InChI=1S/C14H20FNO3/c1-3-4-5-18-6-7-19-14(17)11-8-12(15)10(2)13(16)9-11/h8-9H,3-7,16H2,1-2H3. The first-order valence-corrected chi connectivity index (χ1v) is 6.36. The van der Waals surface area contributed by atoms with Gasteiger partial charge in [0.25, 0.3) is 0 Å². The Hall–Kier alpha value is -1.62. The number of carbonyl (C=O) groups excluding carboxylic acids is 1. The van der Waals surface area contributed by atoms with E-state index in [1.807, 2.05) is 0 Å². The van der Waals surface area contributed by atoms with Gasteiger partial charge in [0.1, 0.15) is 12.4 Å². The van der Waals surface area contributed by atoms with E-state index >= 15 is 0 Å². The van der Waals surface area contributed by atoms with Gasteiger partial charge >= 0.3 is 5.97 Å². The van der Waals surface area contributed by atoms with Crippen LogP contribution in [-0.2, 0) is 9.47 Å². The minimum absolute atomic E-state index is 0.120. The number of ether oxygens (including phenoxy) is 2. The summed E-state index contributed by atoms with van der Waals surface area (Å²) in [6, 6.07) is 2.55. The van der Waals surface area contributed by atoms with E-state index in [0.717, 1.165) is 18.9 Å². The van der Waals surface area contributed by atoms with Crippen molar-refractivity contribution in [2.45, 2.75) is 26.7 Å². The Morgan fingerprint density at radius 1 is 1.32 bits per heavy atom. The lowest BCUT2D eigenvalue weighted by Gasteiger charge is -2.08. The molecule has 0 spiro atoms. The predicted octanol–water partition coefficient (Wildman–Crippen LogP) is 2.69. The molecule has 0 saturated carbocycles. The van der Waals surface area contributed by atoms with Crippen molar-refractivity contribution in [2.75, 3.05) is 25.6 Å². The van der Waals surface area contributed by atoms with E-state index in [2.05, 4.69) is 6.92 Å². The van der Waals surface area contributed by atoms with Gasteiger partial charge in [-0.15, -0.1) is 0 Å². The van der Waals surface area contributed by atoms with E-state index in [4.69, 9.17) is 15.2 Å². The zero-order valence-corrected chi connectivity index (χ0v) is 11.4. The number of rotatable bonds is 7. The van der Waals surface area contributed by atoms with Crippen LogP contribution in [-0.4, -0.2) is 25.8 Å². The molecule has 0 atom stereocenters. The summed E-state index contributed by atoms with van der Waals surface area (Å²) in [5.74, 6) is -1.10. The molecule has 0 heterocycles. The molecule has 106 valence electrons. The Morgan fingerprint density at radius 3 is 2.68 bits per heavy atom. The van der Waals surface area contributed by atoms with E-state index in [1.165, 1.54) is 6.07 Å². The summed E-state index contributed by atoms with van der Waals surface area (Å²) < 4.78 is 23.6. The van der Waals surface area contributed by atoms with Gasteiger partial charge in [-0.1, -0.05) is 13.3 Å². The van der Waals surface area contributed by atoms with Gasteiger partial charge in [-0.3, -0.25) is 0 Å². The number of benzene rings is 1. The summed E-state index contributed by atoms with van der Waals surface area (Å²) in [6.45, 7) is 4.77. The highest BCUT2D eigenvalue weighted by Gasteiger charge is 2.12. The first kappa shape index (κ1) is 15.4. The second kappa shape index (κ2) is 7.74. The van der Waals surface area contributed by atoms with Crippen molar-refractivity contribution in [3.8, 4) is 0 Å². The van der Waals surface area contributed by atoms with Crippen LogP contribution >= 0.6 is 0 Å². The van der Waals surface area contributed by atoms with Crippen LogP contribution in [0.1, 0.15) is 35.7 Å². The molecule has 0 aromatic heterocycles. The molecule has 0 amide bonds. The monoisotopic (exact) mass is 269 g/mol. The molecule has 0 fully saturated rings. The third kappa shape index (κ3) is 4.87. The van der Waals surface area contributed by atoms with Crippen LogP contribution in [0, 0.1) is 12.7 Å². The van der Waals surface area contributed by atoms with Crippen LogP contribution in [0.5, 0.6) is 0 Å². The topological polar surface area (TPSA) is 61.5 Å². The van der Waals surface area contributed by atoms with Crippen molar-refractivity contribution in [1.29, 1.82) is 0 Å². The average molecular weight is 269 g/mol. The highest BCUT2D eigenvalue weighted by Crippen LogP contribution is 2.18. The number of carbonyl (C=O) groups is 1. The van der Waals surface area contributed by atoms with E-state index in [9.17, 15) is 9.18 Å². The molecule has 0 radical (unpaired) electrons. The van der Waals surface area contributed by atoms with Crippen molar-refractivity contribution < 1.29 is 18.7 Å². The van der Waals surface area contributed by atoms with Gasteiger partial charge < -0.3 is 15.2 Å². The molecule has 2 N–H and O–H groups in total. The Balaban J connectivity index is 2.42. The van der Waals surface area contributed by atoms with Crippen molar-refractivity contribution >= 4 is 11.7 Å². The van der Waals surface area contributed by atoms with Crippen LogP contribution in [0.3, 0.4) is 0 Å². The molecule has 0 bridgehead atoms. The smallest absolute Gasteiger partial charge is 0.338 e. The molecule has 5 heteroatoms. The lowest BCUT2D eigenvalue weighted by atomic mass is 10.1. The summed E-state index contributed by atoms with van der Waals surface area (Å²) in [6.07, 6.45) is 2.04. The number of unbranched alkanes of at least 4 members (excludes halogenated alkanes) is 1. The molecule has 0 aliphatic rings. The van der Waals surface area contributed by atoms with Crippen LogP contribution < -0.4 is 5.73 Å². The molecule has 0 aliphatic carbocycles. The van der Waals surface area contributed by atoms with E-state index < -0.39 is 11.8 Å². The maximum atomic E-state index is 13.4. The number of nitrogen functional groups attached to an aromatic ring is 1. The van der Waals surface area contributed by atoms with Crippen LogP contribution in [0.15, 0.2) is 12.1 Å². The zero-order chi connectivity index (χ0) is 14.3. The van der Waals surface area contributed by atoms with Gasteiger partial charge in [0.15, 0.2) is 0 Å². The van der Waals surface area contributed by atoms with Crippen LogP contribution in [0.2, 0.25) is 0 Å². The maximum absolute atomic E-state index is 13.4. The fourth-order valence-corrected chi connectivity index (χ4v) is 1.44. The fraction of sp³-hybridized carbons (Fsp3) is 0.500. The van der Waals surface area contributed by atoms with Gasteiger partial charge in [0.05, 0.1) is 12.2 Å². The molecule has 19 heavy (non-hydrogen) atoms. The van der Waals surface area contributed by atoms with Crippen molar-refractivity contribution in [3.05, 3.63) is 29.1 Å². The number of halogens is 1. The van der Waals surface area contributed by atoms with Gasteiger partial charge in [-0.25, -0.2) is 9.18 Å². The van der Waals surface area contributed by atoms with E-state index in [0.29, 0.717) is 18.8 Å². The third-order valence-corrected chi connectivity index (χ3v) is 2.72. The molecule has 4 nitrogen and oxygen atoms in total. The number of esters is 1. The molecular formula is C14H20FNO3. The SMILES string of the molecule is CCCCOCCOC(=O)c1cc(N)c(C)c(F)c1. The lowest BCUT2D eigenvalue weighted by Crippen LogP contribution is -2.12. The minimum Gasteiger partial charge on any atom is -0.460 e. The van der Waals surface area contributed by atoms with Crippen molar-refractivity contribution in [2.24, 2.45) is 0 Å². The molecule has 1 aromatic carbocycles.